The monoisotopic (exact) mass is 424 g/mol. The fourth-order valence-corrected chi connectivity index (χ4v) is 5.37. The molecule has 5 nitrogen and oxygen atoms in total. The van der Waals surface area contributed by atoms with Gasteiger partial charge in [-0.1, -0.05) is 48.0 Å². The lowest BCUT2D eigenvalue weighted by atomic mass is 10.1. The summed E-state index contributed by atoms with van der Waals surface area (Å²) in [7, 11) is -4.01. The first-order valence-corrected chi connectivity index (χ1v) is 11.7. The fourth-order valence-electron chi connectivity index (χ4n) is 3.33. The molecular weight excluding hydrogens is 404 g/mol. The maximum absolute atomic E-state index is 13.4. The Morgan fingerprint density at radius 2 is 1.66 bits per heavy atom. The largest absolute Gasteiger partial charge is 0.343 e. The summed E-state index contributed by atoms with van der Waals surface area (Å²) in [6.45, 7) is 2.28. The molecule has 148 valence electrons. The van der Waals surface area contributed by atoms with Crippen LogP contribution in [-0.4, -0.2) is 20.7 Å². The van der Waals surface area contributed by atoms with E-state index in [0.717, 1.165) is 20.3 Å². The molecule has 3 aromatic rings. The quantitative estimate of drug-likeness (QED) is 0.550. The standard InChI is InChI=1S/C22H20N2O3S2/c1-16-10-12-17(13-11-16)15-23-20-8-3-4-9-21(20)29(26,27)24(22(23)25)18-6-5-7-19(14-18)28-2/h3-14H,15H2,1-2H3. The number of carbonyl (C=O) groups is 1. The van der Waals surface area contributed by atoms with Crippen molar-refractivity contribution in [3.8, 4) is 0 Å². The highest BCUT2D eigenvalue weighted by Crippen LogP contribution is 2.38. The normalized spacial score (nSPS) is 15.3. The van der Waals surface area contributed by atoms with Crippen LogP contribution in [0.25, 0.3) is 0 Å². The number of nitrogens with zero attached hydrogens (tertiary/aromatic N) is 2. The van der Waals surface area contributed by atoms with Crippen molar-refractivity contribution in [3.05, 3.63) is 83.9 Å². The minimum absolute atomic E-state index is 0.126. The second kappa shape index (κ2) is 7.57. The number of fused-ring (bicyclic) bond motifs is 1. The molecule has 0 aromatic heterocycles. The van der Waals surface area contributed by atoms with Crippen LogP contribution in [0.4, 0.5) is 16.2 Å². The van der Waals surface area contributed by atoms with Crippen LogP contribution in [0.1, 0.15) is 11.1 Å². The van der Waals surface area contributed by atoms with E-state index in [0.29, 0.717) is 11.4 Å². The third kappa shape index (κ3) is 3.52. The number of sulfonamides is 1. The molecule has 0 N–H and O–H groups in total. The zero-order chi connectivity index (χ0) is 20.6. The number of para-hydroxylation sites is 1. The number of rotatable bonds is 4. The van der Waals surface area contributed by atoms with Gasteiger partial charge in [-0.05, 0) is 49.1 Å². The van der Waals surface area contributed by atoms with E-state index < -0.39 is 16.1 Å². The smallest absolute Gasteiger partial charge is 0.287 e. The van der Waals surface area contributed by atoms with Gasteiger partial charge >= 0.3 is 6.03 Å². The highest BCUT2D eigenvalue weighted by atomic mass is 32.2. The number of hydrogen-bond acceptors (Lipinski definition) is 4. The minimum Gasteiger partial charge on any atom is -0.287 e. The van der Waals surface area contributed by atoms with Crippen LogP contribution in [0.5, 0.6) is 0 Å². The van der Waals surface area contributed by atoms with Gasteiger partial charge in [0.05, 0.1) is 17.9 Å². The van der Waals surface area contributed by atoms with Crippen LogP contribution in [-0.2, 0) is 16.6 Å². The molecule has 1 heterocycles. The first kappa shape index (κ1) is 19.5. The van der Waals surface area contributed by atoms with Gasteiger partial charge in [0.25, 0.3) is 10.0 Å². The van der Waals surface area contributed by atoms with Crippen molar-refractivity contribution in [2.24, 2.45) is 0 Å². The molecule has 0 aliphatic carbocycles. The maximum atomic E-state index is 13.4. The Morgan fingerprint density at radius 1 is 0.931 bits per heavy atom. The molecular formula is C22H20N2O3S2. The highest BCUT2D eigenvalue weighted by molar-refractivity contribution is 7.98. The molecule has 1 aliphatic heterocycles. The number of amides is 2. The van der Waals surface area contributed by atoms with Gasteiger partial charge in [-0.2, -0.15) is 4.31 Å². The van der Waals surface area contributed by atoms with E-state index in [4.69, 9.17) is 0 Å². The number of anilines is 2. The molecule has 0 saturated heterocycles. The van der Waals surface area contributed by atoms with Crippen molar-refractivity contribution in [3.63, 3.8) is 0 Å². The second-order valence-electron chi connectivity index (χ2n) is 6.79. The summed E-state index contributed by atoms with van der Waals surface area (Å²) in [5.41, 5.74) is 2.79. The molecule has 0 spiro atoms. The molecule has 4 rings (SSSR count). The van der Waals surface area contributed by atoms with E-state index in [1.54, 1.807) is 42.5 Å². The summed E-state index contributed by atoms with van der Waals surface area (Å²) in [5, 5.41) is 0. The Morgan fingerprint density at radius 3 is 2.38 bits per heavy atom. The zero-order valence-corrected chi connectivity index (χ0v) is 17.7. The number of aryl methyl sites for hydroxylation is 1. The van der Waals surface area contributed by atoms with Crippen molar-refractivity contribution in [2.45, 2.75) is 23.3 Å². The minimum atomic E-state index is -4.01. The predicted molar refractivity (Wildman–Crippen MR) is 117 cm³/mol. The Labute approximate surface area is 175 Å². The summed E-state index contributed by atoms with van der Waals surface area (Å²) in [6, 6.07) is 20.9. The maximum Gasteiger partial charge on any atom is 0.343 e. The van der Waals surface area contributed by atoms with Crippen molar-refractivity contribution in [1.29, 1.82) is 0 Å². The second-order valence-corrected chi connectivity index (χ2v) is 9.43. The van der Waals surface area contributed by atoms with Gasteiger partial charge in [-0.15, -0.1) is 11.8 Å². The number of benzene rings is 3. The van der Waals surface area contributed by atoms with E-state index in [1.807, 2.05) is 43.5 Å². The lowest BCUT2D eigenvalue weighted by Gasteiger charge is -2.36. The van der Waals surface area contributed by atoms with Crippen LogP contribution in [0.2, 0.25) is 0 Å². The van der Waals surface area contributed by atoms with Gasteiger partial charge in [-0.3, -0.25) is 4.90 Å². The average molecular weight is 425 g/mol. The molecule has 7 heteroatoms. The molecule has 1 aliphatic rings. The van der Waals surface area contributed by atoms with E-state index in [2.05, 4.69) is 0 Å². The highest BCUT2D eigenvalue weighted by Gasteiger charge is 2.42. The molecule has 0 atom stereocenters. The third-order valence-electron chi connectivity index (χ3n) is 4.83. The van der Waals surface area contributed by atoms with Crippen LogP contribution in [0.3, 0.4) is 0 Å². The molecule has 0 fully saturated rings. The van der Waals surface area contributed by atoms with Gasteiger partial charge in [-0.25, -0.2) is 13.2 Å². The molecule has 0 saturated carbocycles. The van der Waals surface area contributed by atoms with Crippen molar-refractivity contribution in [2.75, 3.05) is 15.5 Å². The van der Waals surface area contributed by atoms with Gasteiger partial charge in [0.2, 0.25) is 0 Å². The van der Waals surface area contributed by atoms with Crippen molar-refractivity contribution < 1.29 is 13.2 Å². The number of thioether (sulfide) groups is 1. The van der Waals surface area contributed by atoms with Gasteiger partial charge in [0.1, 0.15) is 4.90 Å². The van der Waals surface area contributed by atoms with Crippen molar-refractivity contribution in [1.82, 2.24) is 0 Å². The number of urea groups is 1. The Kier molecular flexibility index (Phi) is 5.10. The molecule has 0 radical (unpaired) electrons. The zero-order valence-electron chi connectivity index (χ0n) is 16.1. The Hall–Kier alpha value is -2.77. The van der Waals surface area contributed by atoms with E-state index >= 15 is 0 Å². The van der Waals surface area contributed by atoms with Crippen molar-refractivity contribution >= 4 is 39.2 Å². The summed E-state index contributed by atoms with van der Waals surface area (Å²) in [5.74, 6) is 0. The van der Waals surface area contributed by atoms with Crippen LogP contribution >= 0.6 is 11.8 Å². The fraction of sp³-hybridized carbons (Fsp3) is 0.136. The van der Waals surface area contributed by atoms with Gasteiger partial charge in [0.15, 0.2) is 0 Å². The van der Waals surface area contributed by atoms with Crippen LogP contribution in [0, 0.1) is 6.92 Å². The van der Waals surface area contributed by atoms with E-state index in [9.17, 15) is 13.2 Å². The summed E-state index contributed by atoms with van der Waals surface area (Å²) >= 11 is 1.49. The topological polar surface area (TPSA) is 57.7 Å². The van der Waals surface area contributed by atoms with Crippen LogP contribution < -0.4 is 9.21 Å². The molecule has 0 unspecified atom stereocenters. The van der Waals surface area contributed by atoms with Gasteiger partial charge < -0.3 is 0 Å². The summed E-state index contributed by atoms with van der Waals surface area (Å²) in [6.07, 6.45) is 1.91. The first-order valence-electron chi connectivity index (χ1n) is 9.07. The first-order chi connectivity index (χ1) is 13.9. The lowest BCUT2D eigenvalue weighted by molar-refractivity contribution is 0.253. The SMILES string of the molecule is CSc1cccc(N2C(=O)N(Cc3ccc(C)cc3)c3ccccc3S2(=O)=O)c1. The van der Waals surface area contributed by atoms with E-state index in [1.165, 1.54) is 16.7 Å². The third-order valence-corrected chi connectivity index (χ3v) is 7.30. The summed E-state index contributed by atoms with van der Waals surface area (Å²) < 4.78 is 27.6. The van der Waals surface area contributed by atoms with E-state index in [-0.39, 0.29) is 11.4 Å². The van der Waals surface area contributed by atoms with Gasteiger partial charge in [0, 0.05) is 4.90 Å². The lowest BCUT2D eigenvalue weighted by Crippen LogP contribution is -2.50. The predicted octanol–water partition coefficient (Wildman–Crippen LogP) is 5.05. The Balaban J connectivity index is 1.85. The average Bonchev–Trinajstić information content (AvgIpc) is 2.72. The summed E-state index contributed by atoms with van der Waals surface area (Å²) in [4.78, 5) is 16.0. The van der Waals surface area contributed by atoms with Crippen LogP contribution in [0.15, 0.2) is 82.6 Å². The molecule has 2 amide bonds. The molecule has 29 heavy (non-hydrogen) atoms. The molecule has 3 aromatic carbocycles. The number of hydrogen-bond donors (Lipinski definition) is 0. The Bertz CT molecular complexity index is 1170. The number of carbonyl (C=O) groups excluding carboxylic acids is 1. The molecule has 0 bridgehead atoms.